The van der Waals surface area contributed by atoms with Crippen molar-refractivity contribution >= 4 is 57.9 Å². The summed E-state index contributed by atoms with van der Waals surface area (Å²) in [6.45, 7) is 7.19. The molecule has 0 atom stereocenters. The van der Waals surface area contributed by atoms with Crippen molar-refractivity contribution in [3.63, 3.8) is 0 Å². The van der Waals surface area contributed by atoms with Gasteiger partial charge in [0, 0.05) is 21.1 Å². The highest BCUT2D eigenvalue weighted by Gasteiger charge is 2.26. The molecule has 31 heavy (non-hydrogen) atoms. The van der Waals surface area contributed by atoms with Gasteiger partial charge in [-0.3, -0.25) is 0 Å². The molecule has 0 saturated carbocycles. The summed E-state index contributed by atoms with van der Waals surface area (Å²) in [6.07, 6.45) is -0.664. The molecule has 8 heteroatoms. The van der Waals surface area contributed by atoms with Gasteiger partial charge in [0.05, 0.1) is 17.1 Å². The summed E-state index contributed by atoms with van der Waals surface area (Å²) in [4.78, 5) is 26.2. The number of carbonyl (C=O) groups excluding carboxylic acids is 2. The van der Waals surface area contributed by atoms with Crippen LogP contribution in [0.2, 0.25) is 10.0 Å². The van der Waals surface area contributed by atoms with E-state index >= 15 is 0 Å². The number of halogens is 2. The van der Waals surface area contributed by atoms with Gasteiger partial charge in [-0.05, 0) is 63.6 Å². The van der Waals surface area contributed by atoms with E-state index in [2.05, 4.69) is 0 Å². The van der Waals surface area contributed by atoms with E-state index < -0.39 is 17.7 Å². The SMILES string of the molecule is CCOC(=O)c1cc2cc(SCc3ccc(Cl)cc3)c(Cl)cc2n1C(=O)OC(C)(C)C. The van der Waals surface area contributed by atoms with Crippen molar-refractivity contribution in [1.82, 2.24) is 4.57 Å². The van der Waals surface area contributed by atoms with Crippen LogP contribution in [-0.4, -0.2) is 28.8 Å². The van der Waals surface area contributed by atoms with E-state index in [1.807, 2.05) is 30.3 Å². The molecule has 0 radical (unpaired) electrons. The van der Waals surface area contributed by atoms with E-state index in [4.69, 9.17) is 32.7 Å². The Morgan fingerprint density at radius 2 is 1.74 bits per heavy atom. The molecule has 3 aromatic rings. The lowest BCUT2D eigenvalue weighted by atomic mass is 10.2. The van der Waals surface area contributed by atoms with E-state index in [-0.39, 0.29) is 12.3 Å². The molecule has 0 aliphatic heterocycles. The van der Waals surface area contributed by atoms with Crippen molar-refractivity contribution in [3.05, 3.63) is 63.8 Å². The zero-order valence-corrected chi connectivity index (χ0v) is 20.0. The Bertz CT molecular complexity index is 1120. The van der Waals surface area contributed by atoms with Gasteiger partial charge in [0.25, 0.3) is 0 Å². The highest BCUT2D eigenvalue weighted by molar-refractivity contribution is 7.98. The summed E-state index contributed by atoms with van der Waals surface area (Å²) in [7, 11) is 0. The minimum Gasteiger partial charge on any atom is -0.461 e. The Labute approximate surface area is 195 Å². The Morgan fingerprint density at radius 1 is 1.06 bits per heavy atom. The third-order valence-electron chi connectivity index (χ3n) is 4.22. The van der Waals surface area contributed by atoms with Crippen LogP contribution < -0.4 is 0 Å². The van der Waals surface area contributed by atoms with Crippen LogP contribution in [0.5, 0.6) is 0 Å². The van der Waals surface area contributed by atoms with Crippen LogP contribution in [0.25, 0.3) is 10.9 Å². The third-order valence-corrected chi connectivity index (χ3v) is 6.03. The molecule has 0 unspecified atom stereocenters. The number of hydrogen-bond acceptors (Lipinski definition) is 5. The van der Waals surface area contributed by atoms with Crippen molar-refractivity contribution in [2.24, 2.45) is 0 Å². The van der Waals surface area contributed by atoms with Crippen LogP contribution in [-0.2, 0) is 15.2 Å². The second-order valence-corrected chi connectivity index (χ2v) is 9.68. The van der Waals surface area contributed by atoms with Gasteiger partial charge in [-0.25, -0.2) is 14.2 Å². The fraction of sp³-hybridized carbons (Fsp3) is 0.304. The van der Waals surface area contributed by atoms with Gasteiger partial charge in [0.1, 0.15) is 11.3 Å². The fourth-order valence-electron chi connectivity index (χ4n) is 2.92. The van der Waals surface area contributed by atoms with Gasteiger partial charge in [0.2, 0.25) is 0 Å². The van der Waals surface area contributed by atoms with E-state index in [0.29, 0.717) is 26.7 Å². The van der Waals surface area contributed by atoms with Crippen molar-refractivity contribution in [2.45, 2.75) is 43.9 Å². The zero-order valence-electron chi connectivity index (χ0n) is 17.7. The van der Waals surface area contributed by atoms with Gasteiger partial charge >= 0.3 is 12.1 Å². The summed E-state index contributed by atoms with van der Waals surface area (Å²) < 4.78 is 11.9. The quantitative estimate of drug-likeness (QED) is 0.286. The second-order valence-electron chi connectivity index (χ2n) is 7.82. The van der Waals surface area contributed by atoms with Crippen LogP contribution in [0.1, 0.15) is 43.7 Å². The Morgan fingerprint density at radius 3 is 2.35 bits per heavy atom. The molecule has 3 rings (SSSR count). The lowest BCUT2D eigenvalue weighted by Crippen LogP contribution is -2.29. The first-order valence-corrected chi connectivity index (χ1v) is 11.5. The zero-order chi connectivity index (χ0) is 22.8. The first-order valence-electron chi connectivity index (χ1n) is 9.71. The van der Waals surface area contributed by atoms with Crippen LogP contribution >= 0.6 is 35.0 Å². The number of esters is 1. The number of thioether (sulfide) groups is 1. The minimum atomic E-state index is -0.724. The van der Waals surface area contributed by atoms with Crippen LogP contribution in [0.3, 0.4) is 0 Å². The first kappa shape index (κ1) is 23.5. The highest BCUT2D eigenvalue weighted by Crippen LogP contribution is 2.35. The predicted molar refractivity (Wildman–Crippen MR) is 126 cm³/mol. The summed E-state index contributed by atoms with van der Waals surface area (Å²) in [6, 6.07) is 12.8. The predicted octanol–water partition coefficient (Wildman–Crippen LogP) is 7.20. The van der Waals surface area contributed by atoms with Gasteiger partial charge < -0.3 is 9.47 Å². The van der Waals surface area contributed by atoms with Gasteiger partial charge in [0.15, 0.2) is 0 Å². The minimum absolute atomic E-state index is 0.0991. The summed E-state index contributed by atoms with van der Waals surface area (Å²) in [5.74, 6) is 0.0935. The van der Waals surface area contributed by atoms with E-state index in [1.54, 1.807) is 51.6 Å². The maximum Gasteiger partial charge on any atom is 0.419 e. The third kappa shape index (κ3) is 5.76. The molecular formula is C23H23Cl2NO4S. The van der Waals surface area contributed by atoms with Crippen molar-refractivity contribution < 1.29 is 19.1 Å². The van der Waals surface area contributed by atoms with Crippen molar-refractivity contribution in [3.8, 4) is 0 Å². The molecule has 164 valence electrons. The molecule has 5 nitrogen and oxygen atoms in total. The molecule has 1 heterocycles. The van der Waals surface area contributed by atoms with Crippen LogP contribution in [0.15, 0.2) is 47.4 Å². The number of hydrogen-bond donors (Lipinski definition) is 0. The Hall–Kier alpha value is -2.15. The van der Waals surface area contributed by atoms with E-state index in [0.717, 1.165) is 10.5 Å². The monoisotopic (exact) mass is 479 g/mol. The van der Waals surface area contributed by atoms with Crippen LogP contribution in [0, 0.1) is 0 Å². The lowest BCUT2D eigenvalue weighted by molar-refractivity contribution is 0.0454. The lowest BCUT2D eigenvalue weighted by Gasteiger charge is -2.20. The molecule has 0 N–H and O–H groups in total. The number of nitrogens with zero attached hydrogens (tertiary/aromatic N) is 1. The number of aromatic nitrogens is 1. The molecule has 0 amide bonds. The number of fused-ring (bicyclic) bond motifs is 1. The van der Waals surface area contributed by atoms with Gasteiger partial charge in [-0.15, -0.1) is 11.8 Å². The molecule has 0 fully saturated rings. The average molecular weight is 480 g/mol. The average Bonchev–Trinajstić information content (AvgIpc) is 3.04. The van der Waals surface area contributed by atoms with E-state index in [1.165, 1.54) is 4.57 Å². The standard InChI is InChI=1S/C23H23Cl2NO4S/c1-5-29-21(27)19-10-15-11-20(31-13-14-6-8-16(24)9-7-14)17(25)12-18(15)26(19)22(28)30-23(2,3)4/h6-12H,5,13H2,1-4H3. The maximum absolute atomic E-state index is 12.9. The smallest absolute Gasteiger partial charge is 0.419 e. The number of ether oxygens (including phenoxy) is 2. The van der Waals surface area contributed by atoms with Crippen molar-refractivity contribution in [1.29, 1.82) is 0 Å². The molecule has 0 saturated heterocycles. The Kier molecular flexibility index (Phi) is 7.24. The highest BCUT2D eigenvalue weighted by atomic mass is 35.5. The largest absolute Gasteiger partial charge is 0.461 e. The topological polar surface area (TPSA) is 57.5 Å². The van der Waals surface area contributed by atoms with E-state index in [9.17, 15) is 9.59 Å². The van der Waals surface area contributed by atoms with Crippen molar-refractivity contribution in [2.75, 3.05) is 6.61 Å². The summed E-state index contributed by atoms with van der Waals surface area (Å²) in [5.41, 5.74) is 0.960. The summed E-state index contributed by atoms with van der Waals surface area (Å²) in [5, 5.41) is 1.85. The Balaban J connectivity index is 2.00. The molecule has 0 aliphatic rings. The van der Waals surface area contributed by atoms with Gasteiger partial charge in [-0.2, -0.15) is 0 Å². The number of carbonyl (C=O) groups is 2. The first-order chi connectivity index (χ1) is 14.6. The number of rotatable bonds is 5. The summed E-state index contributed by atoms with van der Waals surface area (Å²) >= 11 is 14.0. The molecule has 0 aliphatic carbocycles. The fourth-order valence-corrected chi connectivity index (χ4v) is 4.29. The van der Waals surface area contributed by atoms with Crippen LogP contribution in [0.4, 0.5) is 4.79 Å². The second kappa shape index (κ2) is 9.55. The molecular weight excluding hydrogens is 457 g/mol. The molecule has 1 aromatic heterocycles. The molecule has 2 aromatic carbocycles. The normalized spacial score (nSPS) is 11.5. The molecule has 0 spiro atoms. The molecule has 0 bridgehead atoms. The maximum atomic E-state index is 12.9. The number of benzene rings is 2. The van der Waals surface area contributed by atoms with Gasteiger partial charge in [-0.1, -0.05) is 35.3 Å².